The Morgan fingerprint density at radius 3 is 2.38 bits per heavy atom. The van der Waals surface area contributed by atoms with Crippen molar-refractivity contribution in [3.8, 4) is 0 Å². The second-order valence-electron chi connectivity index (χ2n) is 9.32. The zero-order valence-corrected chi connectivity index (χ0v) is 19.2. The van der Waals surface area contributed by atoms with E-state index in [2.05, 4.69) is 59.3 Å². The number of benzene rings is 2. The maximum Gasteiger partial charge on any atom is 0.132 e. The van der Waals surface area contributed by atoms with Gasteiger partial charge in [-0.25, -0.2) is 4.39 Å². The Morgan fingerprint density at radius 1 is 1.10 bits per heavy atom. The van der Waals surface area contributed by atoms with Gasteiger partial charge in [0.25, 0.3) is 0 Å². The molecule has 1 aliphatic rings. The lowest BCUT2D eigenvalue weighted by Crippen LogP contribution is -2.40. The molecule has 29 heavy (non-hydrogen) atoms. The smallest absolute Gasteiger partial charge is 0.132 e. The van der Waals surface area contributed by atoms with Crippen LogP contribution in [0.5, 0.6) is 0 Å². The predicted molar refractivity (Wildman–Crippen MR) is 123 cm³/mol. The standard InChI is InChI=1S/C25H35FNOS/c1-6-8-15-25(7-2)17-29-22-14-11-19(26)16-21(22)23(24(25)28)18-9-12-20(13-10-18)27(3,4)5/h9-14,16,23-24,28H,6-8,15,17H2,1-5H3/q+1/t23-,24-,25?/m1/s1. The largest absolute Gasteiger partial charge is 0.392 e. The van der Waals surface area contributed by atoms with Gasteiger partial charge in [-0.3, -0.25) is 4.48 Å². The molecule has 0 radical (unpaired) electrons. The first-order chi connectivity index (χ1) is 13.7. The van der Waals surface area contributed by atoms with Crippen LogP contribution in [0, 0.1) is 11.2 Å². The molecule has 0 fully saturated rings. The second kappa shape index (κ2) is 8.79. The van der Waals surface area contributed by atoms with E-state index in [1.165, 1.54) is 5.69 Å². The van der Waals surface area contributed by atoms with Crippen LogP contribution >= 0.6 is 11.8 Å². The summed E-state index contributed by atoms with van der Waals surface area (Å²) < 4.78 is 15.0. The number of unbranched alkanes of at least 4 members (excludes halogenated alkanes) is 1. The zero-order valence-electron chi connectivity index (χ0n) is 18.4. The monoisotopic (exact) mass is 416 g/mol. The van der Waals surface area contributed by atoms with Crippen LogP contribution in [0.1, 0.15) is 56.6 Å². The van der Waals surface area contributed by atoms with Crippen molar-refractivity contribution in [3.05, 3.63) is 59.4 Å². The maximum absolute atomic E-state index is 14.2. The van der Waals surface area contributed by atoms with Crippen molar-refractivity contribution in [1.29, 1.82) is 0 Å². The lowest BCUT2D eigenvalue weighted by molar-refractivity contribution is 0.0182. The van der Waals surface area contributed by atoms with Crippen LogP contribution < -0.4 is 4.48 Å². The Morgan fingerprint density at radius 2 is 1.79 bits per heavy atom. The van der Waals surface area contributed by atoms with Gasteiger partial charge in [0.05, 0.1) is 27.2 Å². The number of aliphatic hydroxyl groups excluding tert-OH is 1. The molecule has 1 heterocycles. The highest BCUT2D eigenvalue weighted by atomic mass is 32.2. The lowest BCUT2D eigenvalue weighted by atomic mass is 9.69. The van der Waals surface area contributed by atoms with Crippen molar-refractivity contribution in [3.63, 3.8) is 0 Å². The van der Waals surface area contributed by atoms with E-state index in [9.17, 15) is 9.50 Å². The number of thioether (sulfide) groups is 1. The van der Waals surface area contributed by atoms with Crippen molar-refractivity contribution >= 4 is 17.4 Å². The van der Waals surface area contributed by atoms with Crippen molar-refractivity contribution in [2.24, 2.45) is 5.41 Å². The first-order valence-corrected chi connectivity index (χ1v) is 11.7. The molecule has 158 valence electrons. The van der Waals surface area contributed by atoms with Crippen LogP contribution in [0.2, 0.25) is 0 Å². The molecule has 0 bridgehead atoms. The number of rotatable bonds is 6. The molecule has 2 nitrogen and oxygen atoms in total. The highest BCUT2D eigenvalue weighted by molar-refractivity contribution is 7.99. The maximum atomic E-state index is 14.2. The molecule has 0 aliphatic carbocycles. The molecular formula is C25H35FNOS+. The molecule has 2 aromatic rings. The topological polar surface area (TPSA) is 20.2 Å². The summed E-state index contributed by atoms with van der Waals surface area (Å²) in [4.78, 5) is 1.10. The quantitative estimate of drug-likeness (QED) is 0.565. The molecule has 1 N–H and O–H groups in total. The minimum atomic E-state index is -0.537. The normalized spacial score (nSPS) is 24.8. The van der Waals surface area contributed by atoms with Gasteiger partial charge in [-0.15, -0.1) is 11.8 Å². The summed E-state index contributed by atoms with van der Waals surface area (Å²) in [6, 6.07) is 13.6. The number of aliphatic hydroxyl groups is 1. The van der Waals surface area contributed by atoms with Gasteiger partial charge in [-0.1, -0.05) is 38.8 Å². The lowest BCUT2D eigenvalue weighted by Gasteiger charge is -2.40. The molecule has 3 rings (SSSR count). The molecule has 1 aliphatic heterocycles. The van der Waals surface area contributed by atoms with Gasteiger partial charge in [-0.05, 0) is 54.3 Å². The Hall–Kier alpha value is -1.36. The van der Waals surface area contributed by atoms with Gasteiger partial charge in [0.1, 0.15) is 11.5 Å². The zero-order chi connectivity index (χ0) is 21.2. The Kier molecular flexibility index (Phi) is 6.77. The molecule has 2 aromatic carbocycles. The van der Waals surface area contributed by atoms with Crippen LogP contribution in [0.15, 0.2) is 47.4 Å². The van der Waals surface area contributed by atoms with E-state index in [4.69, 9.17) is 0 Å². The third kappa shape index (κ3) is 4.55. The molecule has 4 heteroatoms. The third-order valence-electron chi connectivity index (χ3n) is 6.52. The summed E-state index contributed by atoms with van der Waals surface area (Å²) in [5, 5.41) is 11.8. The van der Waals surface area contributed by atoms with E-state index in [1.807, 2.05) is 6.07 Å². The van der Waals surface area contributed by atoms with E-state index in [0.29, 0.717) is 0 Å². The van der Waals surface area contributed by atoms with Gasteiger partial charge in [0, 0.05) is 22.0 Å². The van der Waals surface area contributed by atoms with Crippen LogP contribution in [-0.2, 0) is 0 Å². The van der Waals surface area contributed by atoms with Crippen LogP contribution in [0.4, 0.5) is 10.1 Å². The van der Waals surface area contributed by atoms with E-state index in [-0.39, 0.29) is 17.2 Å². The second-order valence-corrected chi connectivity index (χ2v) is 10.3. The molecule has 0 saturated heterocycles. The van der Waals surface area contributed by atoms with Gasteiger partial charge in [0.15, 0.2) is 0 Å². The Balaban J connectivity index is 2.12. The first-order valence-electron chi connectivity index (χ1n) is 10.7. The summed E-state index contributed by atoms with van der Waals surface area (Å²) >= 11 is 1.78. The average molecular weight is 417 g/mol. The van der Waals surface area contributed by atoms with E-state index >= 15 is 0 Å². The summed E-state index contributed by atoms with van der Waals surface area (Å²) in [6.45, 7) is 4.39. The molecule has 0 amide bonds. The molecular weight excluding hydrogens is 381 g/mol. The molecule has 0 saturated carbocycles. The van der Waals surface area contributed by atoms with Crippen molar-refractivity contribution in [2.75, 3.05) is 26.9 Å². The van der Waals surface area contributed by atoms with Crippen LogP contribution in [0.25, 0.3) is 0 Å². The summed E-state index contributed by atoms with van der Waals surface area (Å²) in [5.74, 6) is 0.424. The highest BCUT2D eigenvalue weighted by Gasteiger charge is 2.44. The number of hydrogen-bond acceptors (Lipinski definition) is 2. The fraction of sp³-hybridized carbons (Fsp3) is 0.520. The Bertz CT molecular complexity index is 830. The first kappa shape index (κ1) is 22.3. The van der Waals surface area contributed by atoms with Crippen LogP contribution in [-0.4, -0.2) is 38.1 Å². The van der Waals surface area contributed by atoms with Crippen LogP contribution in [0.3, 0.4) is 0 Å². The fourth-order valence-corrected chi connectivity index (χ4v) is 5.93. The molecule has 1 unspecified atom stereocenters. The fourth-order valence-electron chi connectivity index (χ4n) is 4.45. The Labute approximate surface area is 179 Å². The molecule has 0 spiro atoms. The minimum Gasteiger partial charge on any atom is -0.392 e. The summed E-state index contributed by atoms with van der Waals surface area (Å²) in [7, 11) is 6.43. The van der Waals surface area contributed by atoms with Crippen molar-refractivity contribution in [1.82, 2.24) is 4.48 Å². The number of hydrogen-bond donors (Lipinski definition) is 1. The third-order valence-corrected chi connectivity index (χ3v) is 7.93. The summed E-state index contributed by atoms with van der Waals surface area (Å²) in [5.41, 5.74) is 3.03. The number of nitrogens with zero attached hydrogens (tertiary/aromatic N) is 1. The SMILES string of the molecule is CCCCC1(CC)CSc2ccc(F)cc2[C@@H](c2ccc([N+](C)(C)C)cc2)[C@H]1O. The van der Waals surface area contributed by atoms with Crippen molar-refractivity contribution in [2.45, 2.75) is 56.4 Å². The summed E-state index contributed by atoms with van der Waals surface area (Å²) in [6.07, 6.45) is 3.60. The molecule has 0 aromatic heterocycles. The average Bonchev–Trinajstić information content (AvgIpc) is 2.80. The van der Waals surface area contributed by atoms with Gasteiger partial charge >= 0.3 is 0 Å². The van der Waals surface area contributed by atoms with Gasteiger partial charge < -0.3 is 5.11 Å². The number of fused-ring (bicyclic) bond motifs is 1. The predicted octanol–water partition coefficient (Wildman–Crippen LogP) is 6.21. The van der Waals surface area contributed by atoms with E-state index in [0.717, 1.165) is 51.9 Å². The number of quaternary nitrogens is 1. The van der Waals surface area contributed by atoms with Gasteiger partial charge in [-0.2, -0.15) is 0 Å². The number of halogens is 1. The van der Waals surface area contributed by atoms with Gasteiger partial charge in [0.2, 0.25) is 0 Å². The van der Waals surface area contributed by atoms with E-state index in [1.54, 1.807) is 23.9 Å². The van der Waals surface area contributed by atoms with E-state index < -0.39 is 6.10 Å². The minimum absolute atomic E-state index is 0.167. The molecule has 3 atom stereocenters. The van der Waals surface area contributed by atoms with Crippen molar-refractivity contribution < 1.29 is 9.50 Å². The highest BCUT2D eigenvalue weighted by Crippen LogP contribution is 2.50.